The number of amides is 1. The highest BCUT2D eigenvalue weighted by molar-refractivity contribution is 5.87. The molecule has 1 aliphatic heterocycles. The fourth-order valence-electron chi connectivity index (χ4n) is 2.17. The summed E-state index contributed by atoms with van der Waals surface area (Å²) in [5.74, 6) is -0.279. The van der Waals surface area contributed by atoms with Gasteiger partial charge in [0, 0.05) is 13.0 Å². The average molecular weight is 197 g/mol. The number of likely N-dealkylation sites (tertiary alicyclic amines) is 1. The fourth-order valence-corrected chi connectivity index (χ4v) is 2.17. The molecule has 1 aliphatic carbocycles. The quantitative estimate of drug-likeness (QED) is 0.730. The van der Waals surface area contributed by atoms with E-state index in [4.69, 9.17) is 5.11 Å². The second-order valence-electron chi connectivity index (χ2n) is 4.24. The zero-order valence-electron chi connectivity index (χ0n) is 8.11. The summed E-state index contributed by atoms with van der Waals surface area (Å²) >= 11 is 0. The van der Waals surface area contributed by atoms with E-state index in [9.17, 15) is 9.59 Å². The van der Waals surface area contributed by atoms with Crippen LogP contribution in [0.2, 0.25) is 0 Å². The van der Waals surface area contributed by atoms with Crippen LogP contribution in [0, 0.1) is 5.92 Å². The van der Waals surface area contributed by atoms with E-state index in [0.717, 1.165) is 12.8 Å². The van der Waals surface area contributed by atoms with Crippen LogP contribution in [0.1, 0.15) is 32.1 Å². The fraction of sp³-hybridized carbons (Fsp3) is 0.800. The molecule has 0 bridgehead atoms. The summed E-state index contributed by atoms with van der Waals surface area (Å²) in [5, 5.41) is 8.91. The maximum atomic E-state index is 11.4. The van der Waals surface area contributed by atoms with E-state index in [1.165, 1.54) is 6.42 Å². The van der Waals surface area contributed by atoms with E-state index < -0.39 is 12.0 Å². The van der Waals surface area contributed by atoms with Crippen LogP contribution >= 0.6 is 0 Å². The Balaban J connectivity index is 1.97. The highest BCUT2D eigenvalue weighted by Crippen LogP contribution is 2.30. The van der Waals surface area contributed by atoms with Gasteiger partial charge in [-0.25, -0.2) is 4.79 Å². The molecular formula is C10H15NO3. The van der Waals surface area contributed by atoms with E-state index in [1.807, 2.05) is 0 Å². The number of rotatable bonds is 3. The van der Waals surface area contributed by atoms with Crippen molar-refractivity contribution >= 4 is 11.9 Å². The largest absolute Gasteiger partial charge is 0.480 e. The highest BCUT2D eigenvalue weighted by atomic mass is 16.4. The van der Waals surface area contributed by atoms with Crippen molar-refractivity contribution in [2.45, 2.75) is 38.1 Å². The Morgan fingerprint density at radius 2 is 2.14 bits per heavy atom. The van der Waals surface area contributed by atoms with Gasteiger partial charge in [-0.05, 0) is 25.2 Å². The van der Waals surface area contributed by atoms with Crippen LogP contribution in [0.4, 0.5) is 0 Å². The SMILES string of the molecule is O=C(O)C1CCC(=O)N1CC1CCC1. The molecule has 1 heterocycles. The van der Waals surface area contributed by atoms with Gasteiger partial charge in [-0.2, -0.15) is 0 Å². The second-order valence-corrected chi connectivity index (χ2v) is 4.24. The minimum absolute atomic E-state index is 0.0179. The molecule has 1 N–H and O–H groups in total. The van der Waals surface area contributed by atoms with E-state index in [-0.39, 0.29) is 5.91 Å². The Bertz CT molecular complexity index is 260. The van der Waals surface area contributed by atoms with E-state index >= 15 is 0 Å². The van der Waals surface area contributed by atoms with Gasteiger partial charge in [-0.3, -0.25) is 4.79 Å². The van der Waals surface area contributed by atoms with Crippen molar-refractivity contribution < 1.29 is 14.7 Å². The number of hydrogen-bond acceptors (Lipinski definition) is 2. The Kier molecular flexibility index (Phi) is 2.44. The molecule has 2 rings (SSSR count). The third-order valence-corrected chi connectivity index (χ3v) is 3.29. The molecule has 1 saturated carbocycles. The van der Waals surface area contributed by atoms with Crippen molar-refractivity contribution in [1.82, 2.24) is 4.90 Å². The molecular weight excluding hydrogens is 182 g/mol. The third-order valence-electron chi connectivity index (χ3n) is 3.29. The topological polar surface area (TPSA) is 57.6 Å². The number of carbonyl (C=O) groups is 2. The lowest BCUT2D eigenvalue weighted by Gasteiger charge is -2.32. The zero-order valence-corrected chi connectivity index (χ0v) is 8.11. The second kappa shape index (κ2) is 3.59. The van der Waals surface area contributed by atoms with Gasteiger partial charge >= 0.3 is 5.97 Å². The first kappa shape index (κ1) is 9.49. The van der Waals surface area contributed by atoms with Gasteiger partial charge in [-0.15, -0.1) is 0 Å². The van der Waals surface area contributed by atoms with E-state index in [1.54, 1.807) is 4.90 Å². The Morgan fingerprint density at radius 3 is 2.64 bits per heavy atom. The van der Waals surface area contributed by atoms with Gasteiger partial charge in [0.05, 0.1) is 0 Å². The van der Waals surface area contributed by atoms with Gasteiger partial charge in [-0.1, -0.05) is 6.42 Å². The lowest BCUT2D eigenvalue weighted by atomic mass is 9.85. The van der Waals surface area contributed by atoms with Crippen molar-refractivity contribution in [1.29, 1.82) is 0 Å². The first-order valence-corrected chi connectivity index (χ1v) is 5.21. The summed E-state index contributed by atoms with van der Waals surface area (Å²) in [4.78, 5) is 23.8. The van der Waals surface area contributed by atoms with E-state index in [2.05, 4.69) is 0 Å². The molecule has 0 radical (unpaired) electrons. The highest BCUT2D eigenvalue weighted by Gasteiger charge is 2.37. The monoisotopic (exact) mass is 197 g/mol. The van der Waals surface area contributed by atoms with Crippen molar-refractivity contribution in [3.05, 3.63) is 0 Å². The van der Waals surface area contributed by atoms with Gasteiger partial charge in [0.1, 0.15) is 6.04 Å². The summed E-state index contributed by atoms with van der Waals surface area (Å²) in [5.41, 5.74) is 0. The summed E-state index contributed by atoms with van der Waals surface area (Å²) < 4.78 is 0. The average Bonchev–Trinajstić information content (AvgIpc) is 2.40. The summed E-state index contributed by atoms with van der Waals surface area (Å²) in [7, 11) is 0. The Hall–Kier alpha value is -1.06. The summed E-state index contributed by atoms with van der Waals surface area (Å²) in [6, 6.07) is -0.553. The van der Waals surface area contributed by atoms with Gasteiger partial charge in [0.15, 0.2) is 0 Å². The Morgan fingerprint density at radius 1 is 1.43 bits per heavy atom. The minimum Gasteiger partial charge on any atom is -0.480 e. The molecule has 0 spiro atoms. The number of carbonyl (C=O) groups excluding carboxylic acids is 1. The number of aliphatic carboxylic acids is 1. The van der Waals surface area contributed by atoms with Crippen LogP contribution in [0.25, 0.3) is 0 Å². The molecule has 4 heteroatoms. The van der Waals surface area contributed by atoms with Crippen LogP contribution in [-0.2, 0) is 9.59 Å². The summed E-state index contributed by atoms with van der Waals surface area (Å²) in [6.07, 6.45) is 4.42. The standard InChI is InChI=1S/C10H15NO3/c12-9-5-4-8(10(13)14)11(9)6-7-2-1-3-7/h7-8H,1-6H2,(H,13,14). The maximum absolute atomic E-state index is 11.4. The molecule has 0 aromatic heterocycles. The predicted molar refractivity (Wildman–Crippen MR) is 49.7 cm³/mol. The number of nitrogens with zero attached hydrogens (tertiary/aromatic N) is 1. The normalized spacial score (nSPS) is 27.9. The molecule has 1 unspecified atom stereocenters. The van der Waals surface area contributed by atoms with Crippen LogP contribution in [0.3, 0.4) is 0 Å². The van der Waals surface area contributed by atoms with Crippen molar-refractivity contribution in [3.8, 4) is 0 Å². The van der Waals surface area contributed by atoms with Crippen molar-refractivity contribution in [3.63, 3.8) is 0 Å². The molecule has 1 atom stereocenters. The van der Waals surface area contributed by atoms with E-state index in [0.29, 0.717) is 25.3 Å². The molecule has 1 amide bonds. The molecule has 14 heavy (non-hydrogen) atoms. The van der Waals surface area contributed by atoms with Crippen LogP contribution in [0.15, 0.2) is 0 Å². The lowest BCUT2D eigenvalue weighted by molar-refractivity contribution is -0.146. The molecule has 2 aliphatic rings. The van der Waals surface area contributed by atoms with Crippen molar-refractivity contribution in [2.24, 2.45) is 5.92 Å². The van der Waals surface area contributed by atoms with Crippen LogP contribution < -0.4 is 0 Å². The van der Waals surface area contributed by atoms with Gasteiger partial charge < -0.3 is 10.0 Å². The third kappa shape index (κ3) is 1.61. The smallest absolute Gasteiger partial charge is 0.326 e. The molecule has 1 saturated heterocycles. The van der Waals surface area contributed by atoms with Crippen molar-refractivity contribution in [2.75, 3.05) is 6.54 Å². The van der Waals surface area contributed by atoms with Crippen LogP contribution in [-0.4, -0.2) is 34.5 Å². The first-order chi connectivity index (χ1) is 6.68. The van der Waals surface area contributed by atoms with Gasteiger partial charge in [0.25, 0.3) is 0 Å². The number of carboxylic acids is 1. The molecule has 4 nitrogen and oxygen atoms in total. The van der Waals surface area contributed by atoms with Gasteiger partial charge in [0.2, 0.25) is 5.91 Å². The number of hydrogen-bond donors (Lipinski definition) is 1. The Labute approximate surface area is 82.9 Å². The summed E-state index contributed by atoms with van der Waals surface area (Å²) in [6.45, 7) is 0.663. The molecule has 0 aromatic rings. The molecule has 2 fully saturated rings. The zero-order chi connectivity index (χ0) is 10.1. The molecule has 0 aromatic carbocycles. The van der Waals surface area contributed by atoms with Crippen LogP contribution in [0.5, 0.6) is 0 Å². The lowest BCUT2D eigenvalue weighted by Crippen LogP contribution is -2.42. The first-order valence-electron chi connectivity index (χ1n) is 5.21. The molecule has 78 valence electrons. The number of carboxylic acid groups (broad SMARTS) is 1. The predicted octanol–water partition coefficient (Wildman–Crippen LogP) is 0.862. The minimum atomic E-state index is -0.852. The maximum Gasteiger partial charge on any atom is 0.326 e.